The number of piperidine rings is 1. The molecule has 2 heterocycles. The van der Waals surface area contributed by atoms with Gasteiger partial charge in [-0.15, -0.1) is 0 Å². The molecule has 1 aliphatic rings. The Morgan fingerprint density at radius 2 is 2.15 bits per heavy atom. The van der Waals surface area contributed by atoms with Gasteiger partial charge in [-0.3, -0.25) is 0 Å². The minimum Gasteiger partial charge on any atom is -0.427 e. The Morgan fingerprint density at radius 3 is 2.90 bits per heavy atom. The van der Waals surface area contributed by atoms with Crippen molar-refractivity contribution >= 4 is 21.1 Å². The van der Waals surface area contributed by atoms with Crippen molar-refractivity contribution in [3.63, 3.8) is 0 Å². The first-order valence-corrected chi connectivity index (χ1v) is 8.14. The molecule has 3 rings (SSSR count). The van der Waals surface area contributed by atoms with Crippen LogP contribution in [0.3, 0.4) is 0 Å². The van der Waals surface area contributed by atoms with Crippen LogP contribution >= 0.6 is 0 Å². The summed E-state index contributed by atoms with van der Waals surface area (Å²) in [7, 11) is -3.71. The largest absolute Gasteiger partial charge is 0.427 e. The highest BCUT2D eigenvalue weighted by Crippen LogP contribution is 2.26. The number of benzene rings is 1. The van der Waals surface area contributed by atoms with Crippen molar-refractivity contribution in [1.29, 1.82) is 0 Å². The highest BCUT2D eigenvalue weighted by atomic mass is 32.2. The van der Waals surface area contributed by atoms with Gasteiger partial charge in [-0.2, -0.15) is 9.29 Å². The molecule has 0 saturated carbocycles. The monoisotopic (exact) mass is 295 g/mol. The van der Waals surface area contributed by atoms with Crippen LogP contribution in [0.5, 0.6) is 0 Å². The third kappa shape index (κ3) is 2.21. The molecule has 0 aliphatic carbocycles. The standard InChI is InChI=1S/C13H17N3O3S/c14-9-10-5-3-4-8-16(10)20(17,18)13-15-11-6-1-2-7-12(11)19-13/h1-2,6-7,10H,3-5,8-9,14H2. The van der Waals surface area contributed by atoms with E-state index in [0.717, 1.165) is 19.3 Å². The van der Waals surface area contributed by atoms with Gasteiger partial charge in [0.05, 0.1) is 0 Å². The van der Waals surface area contributed by atoms with Crippen molar-refractivity contribution in [2.45, 2.75) is 30.5 Å². The summed E-state index contributed by atoms with van der Waals surface area (Å²) in [5.41, 5.74) is 6.71. The lowest BCUT2D eigenvalue weighted by atomic mass is 10.1. The Balaban J connectivity index is 2.01. The predicted octanol–water partition coefficient (Wildman–Crippen LogP) is 1.33. The van der Waals surface area contributed by atoms with E-state index in [2.05, 4.69) is 4.98 Å². The number of sulfonamides is 1. The van der Waals surface area contributed by atoms with Crippen molar-refractivity contribution in [2.24, 2.45) is 5.73 Å². The maximum absolute atomic E-state index is 12.6. The summed E-state index contributed by atoms with van der Waals surface area (Å²) >= 11 is 0. The summed E-state index contributed by atoms with van der Waals surface area (Å²) < 4.78 is 32.1. The molecule has 1 aliphatic heterocycles. The average Bonchev–Trinajstić information content (AvgIpc) is 2.92. The summed E-state index contributed by atoms with van der Waals surface area (Å²) in [5.74, 6) is 0. The van der Waals surface area contributed by atoms with Gasteiger partial charge in [-0.05, 0) is 25.0 Å². The third-order valence-electron chi connectivity index (χ3n) is 3.65. The Bertz CT molecular complexity index is 677. The fraction of sp³-hybridized carbons (Fsp3) is 0.462. The summed E-state index contributed by atoms with van der Waals surface area (Å²) in [6, 6.07) is 6.86. The van der Waals surface area contributed by atoms with Gasteiger partial charge in [0.15, 0.2) is 5.58 Å². The number of fused-ring (bicyclic) bond motifs is 1. The Morgan fingerprint density at radius 1 is 1.35 bits per heavy atom. The minimum atomic E-state index is -3.71. The average molecular weight is 295 g/mol. The van der Waals surface area contributed by atoms with Crippen molar-refractivity contribution in [3.8, 4) is 0 Å². The third-order valence-corrected chi connectivity index (χ3v) is 5.36. The molecule has 7 heteroatoms. The smallest absolute Gasteiger partial charge is 0.332 e. The Kier molecular flexibility index (Phi) is 3.49. The number of hydrogen-bond acceptors (Lipinski definition) is 5. The second-order valence-corrected chi connectivity index (χ2v) is 6.72. The second-order valence-electron chi connectivity index (χ2n) is 4.95. The highest BCUT2D eigenvalue weighted by molar-refractivity contribution is 7.88. The lowest BCUT2D eigenvalue weighted by molar-refractivity contribution is 0.250. The molecule has 2 aromatic rings. The van der Waals surface area contributed by atoms with Gasteiger partial charge in [-0.25, -0.2) is 8.42 Å². The lowest BCUT2D eigenvalue weighted by Crippen LogP contribution is -2.47. The van der Waals surface area contributed by atoms with Crippen LogP contribution in [0.1, 0.15) is 19.3 Å². The van der Waals surface area contributed by atoms with Gasteiger partial charge in [-0.1, -0.05) is 18.6 Å². The fourth-order valence-electron chi connectivity index (χ4n) is 2.59. The van der Waals surface area contributed by atoms with E-state index in [0.29, 0.717) is 24.2 Å². The Labute approximate surface area is 117 Å². The lowest BCUT2D eigenvalue weighted by Gasteiger charge is -2.32. The molecule has 0 bridgehead atoms. The van der Waals surface area contributed by atoms with E-state index in [-0.39, 0.29) is 11.3 Å². The van der Waals surface area contributed by atoms with Gasteiger partial charge >= 0.3 is 5.22 Å². The van der Waals surface area contributed by atoms with Crippen LogP contribution in [0, 0.1) is 0 Å². The number of rotatable bonds is 3. The fourth-order valence-corrected chi connectivity index (χ4v) is 4.15. The Hall–Kier alpha value is -1.44. The zero-order chi connectivity index (χ0) is 14.2. The molecule has 1 unspecified atom stereocenters. The molecule has 0 radical (unpaired) electrons. The van der Waals surface area contributed by atoms with E-state index in [1.54, 1.807) is 24.3 Å². The van der Waals surface area contributed by atoms with E-state index in [9.17, 15) is 8.42 Å². The molecule has 108 valence electrons. The van der Waals surface area contributed by atoms with Crippen LogP contribution in [-0.2, 0) is 10.0 Å². The van der Waals surface area contributed by atoms with Crippen LogP contribution in [-0.4, -0.2) is 36.8 Å². The maximum atomic E-state index is 12.6. The molecule has 2 N–H and O–H groups in total. The van der Waals surface area contributed by atoms with Crippen LogP contribution < -0.4 is 5.73 Å². The molecule has 0 amide bonds. The summed E-state index contributed by atoms with van der Waals surface area (Å²) in [6.07, 6.45) is 2.63. The van der Waals surface area contributed by atoms with Crippen LogP contribution in [0.15, 0.2) is 33.9 Å². The van der Waals surface area contributed by atoms with Crippen molar-refractivity contribution in [2.75, 3.05) is 13.1 Å². The van der Waals surface area contributed by atoms with Crippen molar-refractivity contribution in [1.82, 2.24) is 9.29 Å². The topological polar surface area (TPSA) is 89.4 Å². The summed E-state index contributed by atoms with van der Waals surface area (Å²) in [5, 5.41) is -0.237. The van der Waals surface area contributed by atoms with Gasteiger partial charge in [0.25, 0.3) is 10.0 Å². The quantitative estimate of drug-likeness (QED) is 0.922. The van der Waals surface area contributed by atoms with Gasteiger partial charge in [0.2, 0.25) is 0 Å². The molecule has 1 aromatic heterocycles. The van der Waals surface area contributed by atoms with Crippen molar-refractivity contribution < 1.29 is 12.8 Å². The molecular formula is C13H17N3O3S. The highest BCUT2D eigenvalue weighted by Gasteiger charge is 2.36. The van der Waals surface area contributed by atoms with Crippen LogP contribution in [0.2, 0.25) is 0 Å². The first-order chi connectivity index (χ1) is 9.63. The second kappa shape index (κ2) is 5.16. The van der Waals surface area contributed by atoms with Gasteiger partial charge in [0.1, 0.15) is 5.52 Å². The van der Waals surface area contributed by atoms with Crippen LogP contribution in [0.4, 0.5) is 0 Å². The first-order valence-electron chi connectivity index (χ1n) is 6.70. The zero-order valence-corrected chi connectivity index (χ0v) is 11.8. The summed E-state index contributed by atoms with van der Waals surface area (Å²) in [6.45, 7) is 0.794. The maximum Gasteiger partial charge on any atom is 0.332 e. The normalized spacial score (nSPS) is 21.4. The SMILES string of the molecule is NCC1CCCCN1S(=O)(=O)c1nc2ccccc2o1. The van der Waals surface area contributed by atoms with Gasteiger partial charge < -0.3 is 10.2 Å². The molecule has 0 spiro atoms. The molecule has 1 saturated heterocycles. The summed E-state index contributed by atoms with van der Waals surface area (Å²) in [4.78, 5) is 4.09. The van der Waals surface area contributed by atoms with E-state index < -0.39 is 10.0 Å². The predicted molar refractivity (Wildman–Crippen MR) is 74.6 cm³/mol. The number of nitrogens with zero attached hydrogens (tertiary/aromatic N) is 2. The zero-order valence-electron chi connectivity index (χ0n) is 11.0. The number of aromatic nitrogens is 1. The molecule has 6 nitrogen and oxygen atoms in total. The molecule has 1 atom stereocenters. The number of para-hydroxylation sites is 2. The van der Waals surface area contributed by atoms with Crippen molar-refractivity contribution in [3.05, 3.63) is 24.3 Å². The number of nitrogens with two attached hydrogens (primary N) is 1. The van der Waals surface area contributed by atoms with E-state index >= 15 is 0 Å². The first kappa shape index (κ1) is 13.5. The van der Waals surface area contributed by atoms with E-state index in [1.807, 2.05) is 0 Å². The molecule has 1 aromatic carbocycles. The number of oxazole rings is 1. The molecule has 1 fully saturated rings. The molecule has 20 heavy (non-hydrogen) atoms. The number of hydrogen-bond donors (Lipinski definition) is 1. The minimum absolute atomic E-state index is 0.163. The van der Waals surface area contributed by atoms with E-state index in [1.165, 1.54) is 4.31 Å². The van der Waals surface area contributed by atoms with Gasteiger partial charge in [0, 0.05) is 19.1 Å². The molecular weight excluding hydrogens is 278 g/mol. The van der Waals surface area contributed by atoms with E-state index in [4.69, 9.17) is 10.2 Å². The van der Waals surface area contributed by atoms with Crippen LogP contribution in [0.25, 0.3) is 11.1 Å².